The average molecular weight is 364 g/mol. The van der Waals surface area contributed by atoms with Crippen molar-refractivity contribution in [2.75, 3.05) is 14.2 Å². The summed E-state index contributed by atoms with van der Waals surface area (Å²) in [6.07, 6.45) is 1.92. The molecule has 1 amide bonds. The molecule has 1 aromatic heterocycles. The second-order valence-corrected chi connectivity index (χ2v) is 5.99. The van der Waals surface area contributed by atoms with Crippen LogP contribution in [0, 0.1) is 0 Å². The monoisotopic (exact) mass is 364 g/mol. The molecule has 1 N–H and O–H groups in total. The third-order valence-corrected chi connectivity index (χ3v) is 4.24. The van der Waals surface area contributed by atoms with Gasteiger partial charge in [0.05, 0.1) is 25.3 Å². The van der Waals surface area contributed by atoms with Crippen molar-refractivity contribution in [3.63, 3.8) is 0 Å². The molecule has 0 radical (unpaired) electrons. The van der Waals surface area contributed by atoms with Crippen molar-refractivity contribution < 1.29 is 19.1 Å². The molecule has 0 aliphatic rings. The highest BCUT2D eigenvalue weighted by Crippen LogP contribution is 2.17. The number of rotatable bonds is 6. The summed E-state index contributed by atoms with van der Waals surface area (Å²) in [6, 6.07) is 15.6. The Kier molecular flexibility index (Phi) is 5.66. The fraction of sp³-hybridized carbons (Fsp3) is 0.190. The molecule has 0 aliphatic carbocycles. The van der Waals surface area contributed by atoms with Crippen LogP contribution in [-0.2, 0) is 16.0 Å². The molecule has 6 heteroatoms. The largest absolute Gasteiger partial charge is 0.497 e. The minimum absolute atomic E-state index is 0.286. The summed E-state index contributed by atoms with van der Waals surface area (Å²) in [5.41, 5.74) is 1.84. The van der Waals surface area contributed by atoms with Crippen LogP contribution >= 0.6 is 0 Å². The SMILES string of the molecule is COC(=O)[C@H](Cc1cccc(OC)c1)NC(=O)c1cccc2cccnc12. The smallest absolute Gasteiger partial charge is 0.328 e. The zero-order valence-electron chi connectivity index (χ0n) is 15.1. The van der Waals surface area contributed by atoms with E-state index in [0.29, 0.717) is 16.8 Å². The Balaban J connectivity index is 1.85. The predicted molar refractivity (Wildman–Crippen MR) is 102 cm³/mol. The Morgan fingerprint density at radius 1 is 1.07 bits per heavy atom. The summed E-state index contributed by atoms with van der Waals surface area (Å²) < 4.78 is 10.1. The minimum Gasteiger partial charge on any atom is -0.497 e. The van der Waals surface area contributed by atoms with Crippen LogP contribution in [0.15, 0.2) is 60.8 Å². The van der Waals surface area contributed by atoms with Gasteiger partial charge in [-0.25, -0.2) is 4.79 Å². The summed E-state index contributed by atoms with van der Waals surface area (Å²) in [4.78, 5) is 29.3. The normalized spacial score (nSPS) is 11.6. The van der Waals surface area contributed by atoms with Crippen LogP contribution in [-0.4, -0.2) is 37.1 Å². The number of amides is 1. The highest BCUT2D eigenvalue weighted by Gasteiger charge is 2.23. The van der Waals surface area contributed by atoms with Crippen molar-refractivity contribution in [3.05, 3.63) is 71.9 Å². The molecule has 3 aromatic rings. The number of hydrogen-bond acceptors (Lipinski definition) is 5. The van der Waals surface area contributed by atoms with Gasteiger partial charge in [0.15, 0.2) is 0 Å². The van der Waals surface area contributed by atoms with Gasteiger partial charge in [0.2, 0.25) is 0 Å². The molecule has 1 atom stereocenters. The topological polar surface area (TPSA) is 77.5 Å². The Morgan fingerprint density at radius 2 is 1.85 bits per heavy atom. The number of hydrogen-bond donors (Lipinski definition) is 1. The van der Waals surface area contributed by atoms with Crippen molar-refractivity contribution in [1.82, 2.24) is 10.3 Å². The van der Waals surface area contributed by atoms with Crippen molar-refractivity contribution in [1.29, 1.82) is 0 Å². The number of fused-ring (bicyclic) bond motifs is 1. The third-order valence-electron chi connectivity index (χ3n) is 4.24. The summed E-state index contributed by atoms with van der Waals surface area (Å²) >= 11 is 0. The average Bonchev–Trinajstić information content (AvgIpc) is 2.72. The molecule has 0 saturated heterocycles. The molecule has 6 nitrogen and oxygen atoms in total. The van der Waals surface area contributed by atoms with E-state index in [1.54, 1.807) is 25.4 Å². The van der Waals surface area contributed by atoms with Crippen LogP contribution in [0.2, 0.25) is 0 Å². The minimum atomic E-state index is -0.825. The van der Waals surface area contributed by atoms with E-state index in [1.807, 2.05) is 42.5 Å². The fourth-order valence-corrected chi connectivity index (χ4v) is 2.89. The van der Waals surface area contributed by atoms with Crippen LogP contribution in [0.4, 0.5) is 0 Å². The fourth-order valence-electron chi connectivity index (χ4n) is 2.89. The molecule has 27 heavy (non-hydrogen) atoms. The lowest BCUT2D eigenvalue weighted by Crippen LogP contribution is -2.43. The van der Waals surface area contributed by atoms with E-state index in [9.17, 15) is 9.59 Å². The number of para-hydroxylation sites is 1. The maximum atomic E-state index is 12.8. The number of pyridine rings is 1. The van der Waals surface area contributed by atoms with Gasteiger partial charge in [0, 0.05) is 18.0 Å². The van der Waals surface area contributed by atoms with Gasteiger partial charge >= 0.3 is 5.97 Å². The van der Waals surface area contributed by atoms with Crippen molar-refractivity contribution in [3.8, 4) is 5.75 Å². The molecule has 3 rings (SSSR count). The number of methoxy groups -OCH3 is 2. The van der Waals surface area contributed by atoms with Gasteiger partial charge in [-0.3, -0.25) is 9.78 Å². The van der Waals surface area contributed by atoms with E-state index in [0.717, 1.165) is 10.9 Å². The quantitative estimate of drug-likeness (QED) is 0.681. The molecule has 2 aromatic carbocycles. The predicted octanol–water partition coefficient (Wildman–Crippen LogP) is 2.76. The number of benzene rings is 2. The number of nitrogens with zero attached hydrogens (tertiary/aromatic N) is 1. The second-order valence-electron chi connectivity index (χ2n) is 5.99. The van der Waals surface area contributed by atoms with Crippen LogP contribution in [0.3, 0.4) is 0 Å². The van der Waals surface area contributed by atoms with Gasteiger partial charge < -0.3 is 14.8 Å². The molecule has 0 fully saturated rings. The molecule has 0 bridgehead atoms. The lowest BCUT2D eigenvalue weighted by atomic mass is 10.0. The molecule has 0 unspecified atom stereocenters. The van der Waals surface area contributed by atoms with E-state index < -0.39 is 12.0 Å². The van der Waals surface area contributed by atoms with Gasteiger partial charge in [0.1, 0.15) is 11.8 Å². The van der Waals surface area contributed by atoms with E-state index in [2.05, 4.69) is 10.3 Å². The summed E-state index contributed by atoms with van der Waals surface area (Å²) in [7, 11) is 2.87. The van der Waals surface area contributed by atoms with Crippen molar-refractivity contribution >= 4 is 22.8 Å². The Labute approximate surface area is 157 Å². The lowest BCUT2D eigenvalue weighted by molar-refractivity contribution is -0.142. The third kappa shape index (κ3) is 4.23. The maximum Gasteiger partial charge on any atom is 0.328 e. The van der Waals surface area contributed by atoms with Gasteiger partial charge in [-0.15, -0.1) is 0 Å². The van der Waals surface area contributed by atoms with Crippen LogP contribution in [0.25, 0.3) is 10.9 Å². The Hall–Kier alpha value is -3.41. The van der Waals surface area contributed by atoms with Crippen molar-refractivity contribution in [2.24, 2.45) is 0 Å². The molecule has 1 heterocycles. The molecule has 138 valence electrons. The first-order valence-corrected chi connectivity index (χ1v) is 8.47. The number of carbonyl (C=O) groups excluding carboxylic acids is 2. The first-order chi connectivity index (χ1) is 13.1. The maximum absolute atomic E-state index is 12.8. The van der Waals surface area contributed by atoms with Crippen LogP contribution in [0.5, 0.6) is 5.75 Å². The number of esters is 1. The van der Waals surface area contributed by atoms with Gasteiger partial charge in [-0.05, 0) is 29.8 Å². The number of carbonyl (C=O) groups is 2. The summed E-state index contributed by atoms with van der Waals surface area (Å²) in [6.45, 7) is 0. The first kappa shape index (κ1) is 18.4. The van der Waals surface area contributed by atoms with Crippen LogP contribution < -0.4 is 10.1 Å². The summed E-state index contributed by atoms with van der Waals surface area (Å²) in [5.74, 6) is -0.211. The number of nitrogens with one attached hydrogen (secondary N) is 1. The molecule has 0 saturated carbocycles. The van der Waals surface area contributed by atoms with Gasteiger partial charge in [-0.2, -0.15) is 0 Å². The van der Waals surface area contributed by atoms with Crippen molar-refractivity contribution in [2.45, 2.75) is 12.5 Å². The van der Waals surface area contributed by atoms with Gasteiger partial charge in [0.25, 0.3) is 5.91 Å². The first-order valence-electron chi connectivity index (χ1n) is 8.47. The van der Waals surface area contributed by atoms with Crippen LogP contribution in [0.1, 0.15) is 15.9 Å². The van der Waals surface area contributed by atoms with E-state index in [-0.39, 0.29) is 12.3 Å². The highest BCUT2D eigenvalue weighted by atomic mass is 16.5. The van der Waals surface area contributed by atoms with Gasteiger partial charge in [-0.1, -0.05) is 30.3 Å². The number of ether oxygens (including phenoxy) is 2. The van der Waals surface area contributed by atoms with E-state index >= 15 is 0 Å². The zero-order valence-corrected chi connectivity index (χ0v) is 15.1. The summed E-state index contributed by atoms with van der Waals surface area (Å²) in [5, 5.41) is 3.62. The lowest BCUT2D eigenvalue weighted by Gasteiger charge is -2.17. The molecule has 0 aliphatic heterocycles. The standard InChI is InChI=1S/C21H20N2O4/c1-26-16-9-3-6-14(12-16)13-18(21(25)27-2)23-20(24)17-10-4-7-15-8-5-11-22-19(15)17/h3-12,18H,13H2,1-2H3,(H,23,24)/t18-/m0/s1. The molecule has 0 spiro atoms. The Morgan fingerprint density at radius 3 is 2.63 bits per heavy atom. The second kappa shape index (κ2) is 8.31. The molecular formula is C21H20N2O4. The van der Waals surface area contributed by atoms with E-state index in [1.165, 1.54) is 7.11 Å². The molecular weight excluding hydrogens is 344 g/mol. The number of aromatic nitrogens is 1. The highest BCUT2D eigenvalue weighted by molar-refractivity contribution is 6.06. The zero-order chi connectivity index (χ0) is 19.2. The van der Waals surface area contributed by atoms with E-state index in [4.69, 9.17) is 9.47 Å². The Bertz CT molecular complexity index is 966.